The molecule has 4 rings (SSSR count). The third-order valence-electron chi connectivity index (χ3n) is 5.10. The van der Waals surface area contributed by atoms with Gasteiger partial charge in [0.1, 0.15) is 0 Å². The summed E-state index contributed by atoms with van der Waals surface area (Å²) in [6.45, 7) is 1.57. The lowest BCUT2D eigenvalue weighted by Crippen LogP contribution is -2.26. The molecule has 0 atom stereocenters. The van der Waals surface area contributed by atoms with Crippen molar-refractivity contribution in [2.24, 2.45) is 0 Å². The summed E-state index contributed by atoms with van der Waals surface area (Å²) in [5, 5.41) is 13.6. The maximum atomic E-state index is 12.3. The number of nitrogens with one attached hydrogen (secondary N) is 1. The molecule has 4 aromatic rings. The molecule has 0 saturated heterocycles. The van der Waals surface area contributed by atoms with Gasteiger partial charge < -0.3 is 14.6 Å². The van der Waals surface area contributed by atoms with Crippen molar-refractivity contribution < 1.29 is 23.0 Å². The van der Waals surface area contributed by atoms with E-state index in [2.05, 4.69) is 9.71 Å². The Morgan fingerprint density at radius 2 is 1.70 bits per heavy atom. The maximum absolute atomic E-state index is 12.3. The summed E-state index contributed by atoms with van der Waals surface area (Å²) in [6, 6.07) is 14.0. The molecule has 0 amide bonds. The van der Waals surface area contributed by atoms with Crippen LogP contribution >= 0.6 is 0 Å². The molecule has 2 heterocycles. The third kappa shape index (κ3) is 4.54. The normalized spacial score (nSPS) is 11.6. The highest BCUT2D eigenvalue weighted by Gasteiger charge is 2.16. The Morgan fingerprint density at radius 3 is 2.36 bits per heavy atom. The molecule has 172 valence electrons. The molecule has 2 aromatic heterocycles. The molecule has 33 heavy (non-hydrogen) atoms. The van der Waals surface area contributed by atoms with Crippen LogP contribution in [0.2, 0.25) is 0 Å². The van der Waals surface area contributed by atoms with E-state index in [1.54, 1.807) is 30.9 Å². The number of ether oxygens (including phenoxy) is 2. The number of benzene rings is 2. The van der Waals surface area contributed by atoms with Crippen LogP contribution in [0.1, 0.15) is 5.69 Å². The average molecular weight is 469 g/mol. The minimum Gasteiger partial charge on any atom is -0.493 e. The molecule has 0 spiro atoms. The standard InChI is InChI=1S/C23H24N4O5S/c1-15-14-27-23(25-15)19(16-4-7-18(8-5-16)33(29,30)24-10-11-28)13-20(26-27)17-6-9-21(31-2)22(12-17)32-3/h4-9,12-14,24,28H,10-11H2,1-3H3. The van der Waals surface area contributed by atoms with Gasteiger partial charge in [-0.1, -0.05) is 12.1 Å². The number of rotatable bonds is 8. The van der Waals surface area contributed by atoms with Crippen LogP contribution in [0.3, 0.4) is 0 Å². The van der Waals surface area contributed by atoms with Gasteiger partial charge in [0.15, 0.2) is 17.1 Å². The van der Waals surface area contributed by atoms with Gasteiger partial charge in [-0.2, -0.15) is 5.10 Å². The fraction of sp³-hybridized carbons (Fsp3) is 0.217. The number of aliphatic hydroxyl groups excluding tert-OH is 1. The predicted molar refractivity (Wildman–Crippen MR) is 124 cm³/mol. The first-order valence-corrected chi connectivity index (χ1v) is 11.6. The molecule has 0 fully saturated rings. The van der Waals surface area contributed by atoms with Crippen molar-refractivity contribution in [3.05, 3.63) is 60.4 Å². The van der Waals surface area contributed by atoms with Crippen molar-refractivity contribution in [3.8, 4) is 33.9 Å². The summed E-state index contributed by atoms with van der Waals surface area (Å²) in [5.41, 5.74) is 4.57. The fourth-order valence-electron chi connectivity index (χ4n) is 3.52. The zero-order valence-electron chi connectivity index (χ0n) is 18.4. The second kappa shape index (κ2) is 9.18. The molecule has 0 aliphatic carbocycles. The number of hydrogen-bond donors (Lipinski definition) is 2. The zero-order valence-corrected chi connectivity index (χ0v) is 19.3. The van der Waals surface area contributed by atoms with Gasteiger partial charge in [0, 0.05) is 17.7 Å². The van der Waals surface area contributed by atoms with Gasteiger partial charge in [-0.3, -0.25) is 0 Å². The Balaban J connectivity index is 1.81. The number of imidazole rings is 1. The van der Waals surface area contributed by atoms with Crippen molar-refractivity contribution in [1.82, 2.24) is 19.3 Å². The summed E-state index contributed by atoms with van der Waals surface area (Å²) in [4.78, 5) is 4.71. The highest BCUT2D eigenvalue weighted by atomic mass is 32.2. The second-order valence-corrected chi connectivity index (χ2v) is 9.08. The van der Waals surface area contributed by atoms with Gasteiger partial charge in [-0.15, -0.1) is 0 Å². The molecule has 0 bridgehead atoms. The van der Waals surface area contributed by atoms with Crippen molar-refractivity contribution in [2.75, 3.05) is 27.4 Å². The van der Waals surface area contributed by atoms with E-state index in [0.717, 1.165) is 22.4 Å². The largest absolute Gasteiger partial charge is 0.493 e. The smallest absolute Gasteiger partial charge is 0.240 e. The van der Waals surface area contributed by atoms with Crippen molar-refractivity contribution in [2.45, 2.75) is 11.8 Å². The second-order valence-electron chi connectivity index (χ2n) is 7.31. The predicted octanol–water partition coefficient (Wildman–Crippen LogP) is 2.66. The average Bonchev–Trinajstić information content (AvgIpc) is 3.21. The molecule has 0 saturated carbocycles. The van der Waals surface area contributed by atoms with Crippen molar-refractivity contribution >= 4 is 15.7 Å². The molecule has 2 N–H and O–H groups in total. The summed E-state index contributed by atoms with van der Waals surface area (Å²) >= 11 is 0. The Bertz CT molecular complexity index is 1400. The molecule has 0 unspecified atom stereocenters. The summed E-state index contributed by atoms with van der Waals surface area (Å²) in [7, 11) is -0.536. The number of nitrogens with zero attached hydrogens (tertiary/aromatic N) is 3. The molecule has 0 aliphatic rings. The van der Waals surface area contributed by atoms with E-state index in [0.29, 0.717) is 22.8 Å². The molecular formula is C23H24N4O5S. The highest BCUT2D eigenvalue weighted by molar-refractivity contribution is 7.89. The minimum absolute atomic E-state index is 0.0445. The fourth-order valence-corrected chi connectivity index (χ4v) is 4.54. The number of aromatic nitrogens is 3. The summed E-state index contributed by atoms with van der Waals surface area (Å²) in [6.07, 6.45) is 1.83. The number of aliphatic hydroxyl groups is 1. The summed E-state index contributed by atoms with van der Waals surface area (Å²) < 4.78 is 39.5. The molecular weight excluding hydrogens is 444 g/mol. The lowest BCUT2D eigenvalue weighted by molar-refractivity contribution is 0.301. The molecule has 9 nitrogen and oxygen atoms in total. The van der Waals surface area contributed by atoms with Gasteiger partial charge in [-0.25, -0.2) is 22.6 Å². The molecule has 10 heteroatoms. The van der Waals surface area contributed by atoms with E-state index in [1.165, 1.54) is 12.1 Å². The Kier molecular flexibility index (Phi) is 6.32. The minimum atomic E-state index is -3.69. The van der Waals surface area contributed by atoms with E-state index in [9.17, 15) is 8.42 Å². The van der Waals surface area contributed by atoms with Crippen LogP contribution in [0, 0.1) is 6.92 Å². The number of hydrogen-bond acceptors (Lipinski definition) is 7. The van der Waals surface area contributed by atoms with Gasteiger partial charge in [-0.05, 0) is 48.9 Å². The van der Waals surface area contributed by atoms with E-state index >= 15 is 0 Å². The van der Waals surface area contributed by atoms with Crippen LogP contribution in [0.25, 0.3) is 28.0 Å². The van der Waals surface area contributed by atoms with Gasteiger partial charge >= 0.3 is 0 Å². The zero-order chi connectivity index (χ0) is 23.6. The Morgan fingerprint density at radius 1 is 1.00 bits per heavy atom. The molecule has 0 radical (unpaired) electrons. The van der Waals surface area contributed by atoms with Crippen molar-refractivity contribution in [1.29, 1.82) is 0 Å². The maximum Gasteiger partial charge on any atom is 0.240 e. The lowest BCUT2D eigenvalue weighted by Gasteiger charge is -2.12. The SMILES string of the molecule is COc1ccc(-c2cc(-c3ccc(S(=O)(=O)NCCO)cc3)c3nc(C)cn3n2)cc1OC. The van der Waals surface area contributed by atoms with Gasteiger partial charge in [0.25, 0.3) is 0 Å². The number of fused-ring (bicyclic) bond motifs is 1. The number of aryl methyl sites for hydroxylation is 1. The van der Waals surface area contributed by atoms with E-state index < -0.39 is 10.0 Å². The first kappa shape index (κ1) is 22.7. The van der Waals surface area contributed by atoms with E-state index in [1.807, 2.05) is 37.4 Å². The van der Waals surface area contributed by atoms with Gasteiger partial charge in [0.2, 0.25) is 10.0 Å². The van der Waals surface area contributed by atoms with Crippen LogP contribution < -0.4 is 14.2 Å². The monoisotopic (exact) mass is 468 g/mol. The van der Waals surface area contributed by atoms with Crippen LogP contribution in [0.5, 0.6) is 11.5 Å². The lowest BCUT2D eigenvalue weighted by atomic mass is 10.0. The first-order valence-electron chi connectivity index (χ1n) is 10.2. The number of methoxy groups -OCH3 is 2. The van der Waals surface area contributed by atoms with E-state index in [4.69, 9.17) is 19.7 Å². The third-order valence-corrected chi connectivity index (χ3v) is 6.58. The van der Waals surface area contributed by atoms with E-state index in [-0.39, 0.29) is 18.0 Å². The van der Waals surface area contributed by atoms with Crippen LogP contribution in [-0.2, 0) is 10.0 Å². The van der Waals surface area contributed by atoms with Crippen LogP contribution in [-0.4, -0.2) is 55.5 Å². The molecule has 2 aromatic carbocycles. The highest BCUT2D eigenvalue weighted by Crippen LogP contribution is 2.34. The van der Waals surface area contributed by atoms with Crippen molar-refractivity contribution in [3.63, 3.8) is 0 Å². The topological polar surface area (TPSA) is 115 Å². The van der Waals surface area contributed by atoms with Crippen LogP contribution in [0.15, 0.2) is 59.6 Å². The van der Waals surface area contributed by atoms with Gasteiger partial charge in [0.05, 0.1) is 43.3 Å². The number of sulfonamides is 1. The molecule has 0 aliphatic heterocycles. The van der Waals surface area contributed by atoms with Crippen LogP contribution in [0.4, 0.5) is 0 Å². The summed E-state index contributed by atoms with van der Waals surface area (Å²) in [5.74, 6) is 1.21. The Hall–Kier alpha value is -3.47. The quantitative estimate of drug-likeness (QED) is 0.408. The Labute approximate surface area is 191 Å². The first-order chi connectivity index (χ1) is 15.9.